The molecule has 1 fully saturated rings. The Morgan fingerprint density at radius 2 is 2.06 bits per heavy atom. The van der Waals surface area contributed by atoms with Gasteiger partial charge in [-0.25, -0.2) is 0 Å². The van der Waals surface area contributed by atoms with Crippen LogP contribution in [0, 0.1) is 5.92 Å². The zero-order valence-electron chi connectivity index (χ0n) is 11.9. The minimum Gasteiger partial charge on any atom is -0.329 e. The number of nitrogens with two attached hydrogens (primary N) is 1. The summed E-state index contributed by atoms with van der Waals surface area (Å²) < 4.78 is 0. The Labute approximate surface area is 111 Å². The molecule has 2 atom stereocenters. The van der Waals surface area contributed by atoms with Gasteiger partial charge < -0.3 is 10.6 Å². The fourth-order valence-corrected chi connectivity index (χ4v) is 4.50. The Morgan fingerprint density at radius 1 is 1.35 bits per heavy atom. The molecule has 0 bridgehead atoms. The minimum atomic E-state index is 0.256. The number of likely N-dealkylation sites (N-methyl/N-ethyl adjacent to an activating group) is 1. The first-order valence-electron chi connectivity index (χ1n) is 6.74. The van der Waals surface area contributed by atoms with Crippen molar-refractivity contribution in [1.82, 2.24) is 9.80 Å². The molecule has 1 aliphatic rings. The largest absolute Gasteiger partial charge is 0.329 e. The van der Waals surface area contributed by atoms with Crippen molar-refractivity contribution < 1.29 is 0 Å². The van der Waals surface area contributed by atoms with Gasteiger partial charge in [-0.15, -0.1) is 0 Å². The first-order valence-corrected chi connectivity index (χ1v) is 7.90. The van der Waals surface area contributed by atoms with E-state index in [1.807, 2.05) is 0 Å². The summed E-state index contributed by atoms with van der Waals surface area (Å²) in [7, 11) is 4.28. The normalized spacial score (nSPS) is 29.5. The third-order valence-corrected chi connectivity index (χ3v) is 5.48. The van der Waals surface area contributed by atoms with Crippen LogP contribution in [0.3, 0.4) is 0 Å². The molecule has 0 aromatic heterocycles. The van der Waals surface area contributed by atoms with E-state index in [9.17, 15) is 0 Å². The maximum atomic E-state index is 6.10. The zero-order valence-corrected chi connectivity index (χ0v) is 12.7. The quantitative estimate of drug-likeness (QED) is 0.748. The molecular formula is C13H29N3S. The van der Waals surface area contributed by atoms with E-state index in [1.54, 1.807) is 0 Å². The summed E-state index contributed by atoms with van der Waals surface area (Å²) in [4.78, 5) is 4.89. The van der Waals surface area contributed by atoms with Crippen molar-refractivity contribution in [2.45, 2.75) is 25.8 Å². The van der Waals surface area contributed by atoms with Crippen molar-refractivity contribution in [2.75, 3.05) is 51.8 Å². The fourth-order valence-electron chi connectivity index (χ4n) is 2.78. The molecule has 1 heterocycles. The lowest BCUT2D eigenvalue weighted by Gasteiger charge is -2.43. The summed E-state index contributed by atoms with van der Waals surface area (Å²) in [5, 5.41) is 0. The van der Waals surface area contributed by atoms with Gasteiger partial charge in [0.15, 0.2) is 0 Å². The van der Waals surface area contributed by atoms with E-state index in [4.69, 9.17) is 5.73 Å². The number of nitrogens with zero attached hydrogens (tertiary/aromatic N) is 2. The van der Waals surface area contributed by atoms with Crippen LogP contribution in [0.15, 0.2) is 0 Å². The second kappa shape index (κ2) is 6.98. The number of hydrogen-bond acceptors (Lipinski definition) is 4. The van der Waals surface area contributed by atoms with Gasteiger partial charge in [0.1, 0.15) is 0 Å². The Morgan fingerprint density at radius 3 is 2.47 bits per heavy atom. The van der Waals surface area contributed by atoms with Crippen LogP contribution in [0.1, 0.15) is 20.3 Å². The molecular weight excluding hydrogens is 230 g/mol. The summed E-state index contributed by atoms with van der Waals surface area (Å²) in [6.45, 7) is 8.90. The highest BCUT2D eigenvalue weighted by Crippen LogP contribution is 2.37. The SMILES string of the molecule is CCN(CCCN(C)C)C1(CN)CSCC1C. The molecule has 1 rings (SSSR count). The molecule has 1 aliphatic heterocycles. The van der Waals surface area contributed by atoms with E-state index in [1.165, 1.54) is 31.0 Å². The van der Waals surface area contributed by atoms with Crippen molar-refractivity contribution in [3.05, 3.63) is 0 Å². The van der Waals surface area contributed by atoms with Gasteiger partial charge >= 0.3 is 0 Å². The predicted octanol–water partition coefficient (Wildman–Crippen LogP) is 1.34. The van der Waals surface area contributed by atoms with Gasteiger partial charge in [0, 0.05) is 17.8 Å². The Kier molecular flexibility index (Phi) is 6.27. The van der Waals surface area contributed by atoms with Crippen LogP contribution < -0.4 is 5.73 Å². The average Bonchev–Trinajstić information content (AvgIpc) is 2.67. The highest BCUT2D eigenvalue weighted by atomic mass is 32.2. The Balaban J connectivity index is 2.57. The monoisotopic (exact) mass is 259 g/mol. The van der Waals surface area contributed by atoms with Gasteiger partial charge in [0.25, 0.3) is 0 Å². The van der Waals surface area contributed by atoms with Crippen molar-refractivity contribution in [3.63, 3.8) is 0 Å². The van der Waals surface area contributed by atoms with Crippen molar-refractivity contribution in [2.24, 2.45) is 11.7 Å². The molecule has 0 aliphatic carbocycles. The number of rotatable bonds is 7. The maximum absolute atomic E-state index is 6.10. The van der Waals surface area contributed by atoms with Crippen molar-refractivity contribution >= 4 is 11.8 Å². The summed E-state index contributed by atoms with van der Waals surface area (Å²) >= 11 is 2.07. The van der Waals surface area contributed by atoms with E-state index < -0.39 is 0 Å². The predicted molar refractivity (Wildman–Crippen MR) is 78.7 cm³/mol. The number of hydrogen-bond donors (Lipinski definition) is 1. The van der Waals surface area contributed by atoms with Crippen LogP contribution in [0.5, 0.6) is 0 Å². The summed E-state index contributed by atoms with van der Waals surface area (Å²) in [6, 6.07) is 0. The van der Waals surface area contributed by atoms with Crippen LogP contribution in [-0.4, -0.2) is 67.1 Å². The molecule has 0 saturated carbocycles. The van der Waals surface area contributed by atoms with Crippen LogP contribution in [0.25, 0.3) is 0 Å². The van der Waals surface area contributed by atoms with Gasteiger partial charge in [-0.05, 0) is 51.8 Å². The highest BCUT2D eigenvalue weighted by Gasteiger charge is 2.43. The topological polar surface area (TPSA) is 32.5 Å². The van der Waals surface area contributed by atoms with E-state index in [2.05, 4.69) is 49.5 Å². The van der Waals surface area contributed by atoms with E-state index in [0.29, 0.717) is 0 Å². The smallest absolute Gasteiger partial charge is 0.0455 e. The fraction of sp³-hybridized carbons (Fsp3) is 1.00. The van der Waals surface area contributed by atoms with Crippen LogP contribution in [0.4, 0.5) is 0 Å². The molecule has 4 heteroatoms. The minimum absolute atomic E-state index is 0.256. The van der Waals surface area contributed by atoms with Crippen LogP contribution in [-0.2, 0) is 0 Å². The molecule has 1 saturated heterocycles. The van der Waals surface area contributed by atoms with E-state index >= 15 is 0 Å². The van der Waals surface area contributed by atoms with Gasteiger partial charge in [-0.3, -0.25) is 4.90 Å². The van der Waals surface area contributed by atoms with E-state index in [-0.39, 0.29) is 5.54 Å². The average molecular weight is 259 g/mol. The summed E-state index contributed by atoms with van der Waals surface area (Å²) in [5.41, 5.74) is 6.36. The van der Waals surface area contributed by atoms with Crippen LogP contribution in [0.2, 0.25) is 0 Å². The van der Waals surface area contributed by atoms with Crippen LogP contribution >= 0.6 is 11.8 Å². The lowest BCUT2D eigenvalue weighted by Crippen LogP contribution is -2.58. The standard InChI is InChI=1S/C13H29N3S/c1-5-16(8-6-7-15(3)4)13(10-14)11-17-9-12(13)2/h12H,5-11,14H2,1-4H3. The van der Waals surface area contributed by atoms with Crippen molar-refractivity contribution in [3.8, 4) is 0 Å². The first kappa shape index (κ1) is 15.3. The molecule has 0 aromatic rings. The molecule has 0 radical (unpaired) electrons. The second-order valence-corrected chi connectivity index (χ2v) is 6.49. The third-order valence-electron chi connectivity index (χ3n) is 4.04. The molecule has 102 valence electrons. The lowest BCUT2D eigenvalue weighted by molar-refractivity contribution is 0.0819. The molecule has 17 heavy (non-hydrogen) atoms. The third kappa shape index (κ3) is 3.60. The molecule has 3 nitrogen and oxygen atoms in total. The Bertz CT molecular complexity index is 223. The van der Waals surface area contributed by atoms with Gasteiger partial charge in [0.2, 0.25) is 0 Å². The molecule has 2 unspecified atom stereocenters. The summed E-state index contributed by atoms with van der Waals surface area (Å²) in [5.74, 6) is 3.19. The van der Waals surface area contributed by atoms with Gasteiger partial charge in [-0.2, -0.15) is 11.8 Å². The molecule has 0 amide bonds. The lowest BCUT2D eigenvalue weighted by atomic mass is 9.86. The maximum Gasteiger partial charge on any atom is 0.0455 e. The zero-order chi connectivity index (χ0) is 12.9. The highest BCUT2D eigenvalue weighted by molar-refractivity contribution is 7.99. The molecule has 2 N–H and O–H groups in total. The van der Waals surface area contributed by atoms with Crippen molar-refractivity contribution in [1.29, 1.82) is 0 Å². The second-order valence-electron chi connectivity index (χ2n) is 5.46. The molecule has 0 spiro atoms. The van der Waals surface area contributed by atoms with Gasteiger partial charge in [-0.1, -0.05) is 13.8 Å². The number of thioether (sulfide) groups is 1. The van der Waals surface area contributed by atoms with E-state index in [0.717, 1.165) is 19.0 Å². The van der Waals surface area contributed by atoms with Gasteiger partial charge in [0.05, 0.1) is 0 Å². The Hall–Kier alpha value is 0.230. The molecule has 0 aromatic carbocycles. The first-order chi connectivity index (χ1) is 8.06. The summed E-state index contributed by atoms with van der Waals surface area (Å²) in [6.07, 6.45) is 1.24.